The predicted molar refractivity (Wildman–Crippen MR) is 152 cm³/mol. The molecule has 6 fully saturated rings. The highest BCUT2D eigenvalue weighted by Crippen LogP contribution is 2.82. The molecule has 12 heteroatoms. The van der Waals surface area contributed by atoms with Gasteiger partial charge in [0.1, 0.15) is 23.9 Å². The van der Waals surface area contributed by atoms with E-state index in [2.05, 4.69) is 0 Å². The second-order valence-electron chi connectivity index (χ2n) is 15.1. The van der Waals surface area contributed by atoms with E-state index in [4.69, 9.17) is 23.4 Å². The van der Waals surface area contributed by atoms with Crippen molar-refractivity contribution in [2.75, 3.05) is 6.61 Å². The minimum Gasteiger partial charge on any atom is -0.472 e. The third kappa shape index (κ3) is 3.36. The Bertz CT molecular complexity index is 1410. The molecular formula is C33H44O12. The number of carbonyl (C=O) groups excluding carboxylic acids is 3. The maximum atomic E-state index is 14.8. The van der Waals surface area contributed by atoms with Gasteiger partial charge in [-0.3, -0.25) is 14.4 Å². The number of ketones is 1. The summed E-state index contributed by atoms with van der Waals surface area (Å²) in [6, 6.07) is 1.81. The molecule has 248 valence electrons. The lowest BCUT2D eigenvalue weighted by atomic mass is 9.33. The van der Waals surface area contributed by atoms with Crippen LogP contribution in [0.4, 0.5) is 0 Å². The van der Waals surface area contributed by atoms with Crippen molar-refractivity contribution in [2.24, 2.45) is 39.4 Å². The molecule has 4 N–H and O–H groups in total. The number of hydrogen-bond acceptors (Lipinski definition) is 12. The van der Waals surface area contributed by atoms with E-state index >= 15 is 0 Å². The van der Waals surface area contributed by atoms with Crippen LogP contribution in [0, 0.1) is 39.4 Å². The number of Topliss-reactive ketones (excluding diaryl/α,β-unsaturated/α-hetero) is 1. The Morgan fingerprint density at radius 3 is 2.42 bits per heavy atom. The molecular weight excluding hydrogens is 588 g/mol. The van der Waals surface area contributed by atoms with Crippen LogP contribution in [0.5, 0.6) is 0 Å². The van der Waals surface area contributed by atoms with Crippen LogP contribution in [-0.4, -0.2) is 93.3 Å². The number of esters is 2. The summed E-state index contributed by atoms with van der Waals surface area (Å²) < 4.78 is 29.7. The minimum absolute atomic E-state index is 0.000547. The number of aliphatic hydroxyl groups excluding tert-OH is 4. The Balaban J connectivity index is 1.39. The van der Waals surface area contributed by atoms with Crippen LogP contribution in [-0.2, 0) is 33.3 Å². The Hall–Kier alpha value is -2.35. The van der Waals surface area contributed by atoms with E-state index < -0.39 is 99.5 Å². The highest BCUT2D eigenvalue weighted by Gasteiger charge is 2.92. The average Bonchev–Trinajstić information content (AvgIpc) is 3.35. The van der Waals surface area contributed by atoms with E-state index in [0.29, 0.717) is 12.8 Å². The van der Waals surface area contributed by atoms with Gasteiger partial charge >= 0.3 is 11.9 Å². The smallest absolute Gasteiger partial charge is 0.310 e. The van der Waals surface area contributed by atoms with Gasteiger partial charge < -0.3 is 43.8 Å². The summed E-state index contributed by atoms with van der Waals surface area (Å²) in [5.74, 6) is -4.73. The molecule has 1 spiro atoms. The maximum Gasteiger partial charge on any atom is 0.310 e. The van der Waals surface area contributed by atoms with Gasteiger partial charge in [0, 0.05) is 35.0 Å². The lowest BCUT2D eigenvalue weighted by Crippen LogP contribution is -2.84. The first-order valence-electron chi connectivity index (χ1n) is 16.0. The summed E-state index contributed by atoms with van der Waals surface area (Å²) in [6.07, 6.45) is -5.08. The fourth-order valence-corrected chi connectivity index (χ4v) is 11.3. The van der Waals surface area contributed by atoms with Gasteiger partial charge in [-0.15, -0.1) is 0 Å². The van der Waals surface area contributed by atoms with E-state index in [-0.39, 0.29) is 25.0 Å². The molecule has 3 heterocycles. The van der Waals surface area contributed by atoms with E-state index in [1.165, 1.54) is 6.92 Å². The molecule has 4 saturated carbocycles. The van der Waals surface area contributed by atoms with Crippen LogP contribution >= 0.6 is 0 Å². The standard InChI is InChI=1S/C33H44O12/c1-7-14(2)27(40)44-28-29(4)18-11-19(35)31(6)23(32(18,13-42-28)25(39)22(37)26(29)43-15(3)34)21(36)24(38)30(5)17(16-8-9-41-12-16)10-20-33(30,31)45-20/h8-9,12,14,17-20,22-26,28,35,37-39H,7,10-11,13H2,1-6H3. The van der Waals surface area contributed by atoms with Gasteiger partial charge in [-0.25, -0.2) is 0 Å². The van der Waals surface area contributed by atoms with Crippen LogP contribution in [0.25, 0.3) is 0 Å². The van der Waals surface area contributed by atoms with Crippen molar-refractivity contribution >= 4 is 17.7 Å². The summed E-state index contributed by atoms with van der Waals surface area (Å²) >= 11 is 0. The van der Waals surface area contributed by atoms with Gasteiger partial charge in [-0.2, -0.15) is 0 Å². The normalized spacial score (nSPS) is 53.3. The molecule has 16 unspecified atom stereocenters. The first kappa shape index (κ1) is 31.3. The number of furan rings is 1. The lowest BCUT2D eigenvalue weighted by Gasteiger charge is -2.73. The number of epoxide rings is 1. The molecule has 12 nitrogen and oxygen atoms in total. The molecule has 45 heavy (non-hydrogen) atoms. The van der Waals surface area contributed by atoms with Crippen molar-refractivity contribution in [2.45, 2.75) is 115 Å². The van der Waals surface area contributed by atoms with Gasteiger partial charge in [-0.05, 0) is 43.7 Å². The molecule has 4 aliphatic carbocycles. The largest absolute Gasteiger partial charge is 0.472 e. The van der Waals surface area contributed by atoms with E-state index in [1.807, 2.05) is 19.9 Å². The summed E-state index contributed by atoms with van der Waals surface area (Å²) in [4.78, 5) is 40.3. The number of rotatable bonds is 5. The molecule has 0 radical (unpaired) electrons. The van der Waals surface area contributed by atoms with Crippen molar-refractivity contribution < 1.29 is 58.2 Å². The number of aliphatic hydroxyl groups is 4. The minimum atomic E-state index is -1.70. The van der Waals surface area contributed by atoms with Crippen molar-refractivity contribution in [1.82, 2.24) is 0 Å². The second-order valence-corrected chi connectivity index (χ2v) is 15.1. The molecule has 1 aromatic heterocycles. The zero-order valence-electron chi connectivity index (χ0n) is 26.5. The molecule has 2 saturated heterocycles. The Kier molecular flexibility index (Phi) is 6.67. The number of carbonyl (C=O) groups is 3. The van der Waals surface area contributed by atoms with Crippen molar-refractivity contribution in [3.05, 3.63) is 24.2 Å². The van der Waals surface area contributed by atoms with Gasteiger partial charge in [0.05, 0.1) is 48.8 Å². The lowest BCUT2D eigenvalue weighted by molar-refractivity contribution is -0.391. The highest BCUT2D eigenvalue weighted by molar-refractivity contribution is 5.91. The second kappa shape index (κ2) is 9.60. The SMILES string of the molecule is CCC(C)C(=O)OC1OCC23C(O)C(O)C(OC(C)=O)C1(C)C2CC(O)C1(C)C3C(=O)C(O)C2(C)C(c3ccoc3)CC3OC321. The van der Waals surface area contributed by atoms with Gasteiger partial charge in [0.2, 0.25) is 6.29 Å². The molecule has 6 aliphatic rings. The van der Waals surface area contributed by atoms with Gasteiger partial charge in [0.25, 0.3) is 0 Å². The zero-order valence-corrected chi connectivity index (χ0v) is 26.5. The van der Waals surface area contributed by atoms with Crippen LogP contribution in [0.15, 0.2) is 23.0 Å². The molecule has 16 atom stereocenters. The zero-order chi connectivity index (χ0) is 32.6. The van der Waals surface area contributed by atoms with Gasteiger partial charge in [0.15, 0.2) is 5.78 Å². The molecule has 7 rings (SSSR count). The van der Waals surface area contributed by atoms with Gasteiger partial charge in [-0.1, -0.05) is 27.7 Å². The fourth-order valence-electron chi connectivity index (χ4n) is 11.3. The fraction of sp³-hybridized carbons (Fsp3) is 0.788. The van der Waals surface area contributed by atoms with E-state index in [0.717, 1.165) is 5.56 Å². The summed E-state index contributed by atoms with van der Waals surface area (Å²) in [5.41, 5.74) is -5.84. The predicted octanol–water partition coefficient (Wildman–Crippen LogP) is 1.46. The quantitative estimate of drug-likeness (QED) is 0.271. The van der Waals surface area contributed by atoms with Crippen LogP contribution < -0.4 is 0 Å². The first-order valence-corrected chi connectivity index (χ1v) is 16.0. The molecule has 2 bridgehead atoms. The maximum absolute atomic E-state index is 14.8. The van der Waals surface area contributed by atoms with Crippen molar-refractivity contribution in [1.29, 1.82) is 0 Å². The van der Waals surface area contributed by atoms with Crippen LogP contribution in [0.3, 0.4) is 0 Å². The third-order valence-electron chi connectivity index (χ3n) is 13.6. The van der Waals surface area contributed by atoms with Crippen molar-refractivity contribution in [3.8, 4) is 0 Å². The monoisotopic (exact) mass is 632 g/mol. The molecule has 0 aromatic carbocycles. The third-order valence-corrected chi connectivity index (χ3v) is 13.6. The topological polar surface area (TPSA) is 185 Å². The van der Waals surface area contributed by atoms with Crippen molar-refractivity contribution in [3.63, 3.8) is 0 Å². The highest BCUT2D eigenvalue weighted by atomic mass is 16.7. The molecule has 1 aromatic rings. The number of hydrogen-bond donors (Lipinski definition) is 4. The Labute approximate surface area is 261 Å². The first-order chi connectivity index (χ1) is 21.1. The van der Waals surface area contributed by atoms with Crippen LogP contribution in [0.2, 0.25) is 0 Å². The summed E-state index contributed by atoms with van der Waals surface area (Å²) in [6.45, 7) is 9.66. The van der Waals surface area contributed by atoms with E-state index in [1.54, 1.807) is 33.3 Å². The Morgan fingerprint density at radius 2 is 1.80 bits per heavy atom. The molecule has 2 aliphatic heterocycles. The van der Waals surface area contributed by atoms with E-state index in [9.17, 15) is 34.8 Å². The summed E-state index contributed by atoms with van der Waals surface area (Å²) in [7, 11) is 0. The summed E-state index contributed by atoms with van der Waals surface area (Å²) in [5, 5.41) is 48.3. The van der Waals surface area contributed by atoms with Crippen LogP contribution in [0.1, 0.15) is 72.3 Å². The average molecular weight is 633 g/mol. The Morgan fingerprint density at radius 1 is 1.09 bits per heavy atom. The number of fused-ring (bicyclic) bond motifs is 1. The molecule has 0 amide bonds. The number of ether oxygens (including phenoxy) is 4.